The fourth-order valence-electron chi connectivity index (χ4n) is 1.76. The monoisotopic (exact) mass is 343 g/mol. The minimum absolute atomic E-state index is 0.0964. The molecular formula is C12H14BrClF3N. The molecule has 1 atom stereocenters. The van der Waals surface area contributed by atoms with E-state index >= 15 is 0 Å². The minimum Gasteiger partial charge on any atom is -0.313 e. The van der Waals surface area contributed by atoms with E-state index in [1.165, 1.54) is 0 Å². The molecule has 1 nitrogen and oxygen atoms in total. The summed E-state index contributed by atoms with van der Waals surface area (Å²) in [5.74, 6) is 0. The second-order valence-electron chi connectivity index (χ2n) is 4.05. The minimum atomic E-state index is -4.09. The van der Waals surface area contributed by atoms with Crippen LogP contribution < -0.4 is 5.32 Å². The van der Waals surface area contributed by atoms with E-state index in [2.05, 4.69) is 21.2 Å². The summed E-state index contributed by atoms with van der Waals surface area (Å²) in [6, 6.07) is 5.25. The molecule has 1 N–H and O–H groups in total. The number of benzene rings is 1. The largest absolute Gasteiger partial charge is 0.389 e. The molecule has 0 saturated carbocycles. The van der Waals surface area contributed by atoms with Crippen LogP contribution in [0.5, 0.6) is 0 Å². The molecule has 102 valence electrons. The van der Waals surface area contributed by atoms with Gasteiger partial charge in [-0.3, -0.25) is 0 Å². The highest BCUT2D eigenvalue weighted by Crippen LogP contribution is 2.29. The van der Waals surface area contributed by atoms with E-state index in [1.54, 1.807) is 19.2 Å². The van der Waals surface area contributed by atoms with Crippen LogP contribution in [0.2, 0.25) is 5.02 Å². The van der Waals surface area contributed by atoms with Gasteiger partial charge in [0.2, 0.25) is 0 Å². The van der Waals surface area contributed by atoms with Crippen LogP contribution in [0.3, 0.4) is 0 Å². The van der Waals surface area contributed by atoms with Crippen molar-refractivity contribution in [2.24, 2.45) is 0 Å². The summed E-state index contributed by atoms with van der Waals surface area (Å²) in [5, 5.41) is 3.58. The second kappa shape index (κ2) is 6.78. The lowest BCUT2D eigenvalue weighted by Crippen LogP contribution is -2.17. The van der Waals surface area contributed by atoms with Crippen LogP contribution in [0.4, 0.5) is 13.2 Å². The van der Waals surface area contributed by atoms with Gasteiger partial charge in [0.05, 0.1) is 0 Å². The molecular weight excluding hydrogens is 330 g/mol. The number of hydrogen-bond acceptors (Lipinski definition) is 1. The van der Waals surface area contributed by atoms with Gasteiger partial charge < -0.3 is 5.32 Å². The van der Waals surface area contributed by atoms with Gasteiger partial charge in [0.25, 0.3) is 0 Å². The molecule has 0 amide bonds. The van der Waals surface area contributed by atoms with Crippen LogP contribution in [-0.4, -0.2) is 13.2 Å². The fourth-order valence-corrected chi connectivity index (χ4v) is 2.65. The van der Waals surface area contributed by atoms with Crippen molar-refractivity contribution in [1.82, 2.24) is 5.32 Å². The first-order chi connectivity index (χ1) is 8.31. The third-order valence-electron chi connectivity index (χ3n) is 2.59. The van der Waals surface area contributed by atoms with Crippen molar-refractivity contribution in [3.8, 4) is 0 Å². The molecule has 0 saturated heterocycles. The smallest absolute Gasteiger partial charge is 0.313 e. The van der Waals surface area contributed by atoms with E-state index in [1.807, 2.05) is 6.07 Å². The zero-order valence-corrected chi connectivity index (χ0v) is 12.2. The Bertz CT molecular complexity index is 375. The van der Waals surface area contributed by atoms with Gasteiger partial charge in [0, 0.05) is 22.0 Å². The molecule has 1 aromatic carbocycles. The maximum atomic E-state index is 12.1. The SMILES string of the molecule is CNC(CCCC(F)(F)F)c1cc(Cl)cc(Br)c1. The Morgan fingerprint density at radius 2 is 2.00 bits per heavy atom. The Hall–Kier alpha value is -0.260. The lowest BCUT2D eigenvalue weighted by molar-refractivity contribution is -0.135. The van der Waals surface area contributed by atoms with Crippen molar-refractivity contribution >= 4 is 27.5 Å². The predicted octanol–water partition coefficient (Wildman–Crippen LogP) is 5.10. The van der Waals surface area contributed by atoms with Gasteiger partial charge in [0.1, 0.15) is 0 Å². The molecule has 1 rings (SSSR count). The van der Waals surface area contributed by atoms with E-state index < -0.39 is 12.6 Å². The molecule has 0 bridgehead atoms. The molecule has 0 aliphatic carbocycles. The van der Waals surface area contributed by atoms with Crippen molar-refractivity contribution < 1.29 is 13.2 Å². The summed E-state index contributed by atoms with van der Waals surface area (Å²) >= 11 is 9.24. The Labute approximate surface area is 118 Å². The van der Waals surface area contributed by atoms with Crippen LogP contribution in [0.15, 0.2) is 22.7 Å². The first-order valence-electron chi connectivity index (χ1n) is 5.52. The zero-order chi connectivity index (χ0) is 13.8. The molecule has 0 aliphatic rings. The molecule has 0 radical (unpaired) electrons. The van der Waals surface area contributed by atoms with Crippen LogP contribution >= 0.6 is 27.5 Å². The average Bonchev–Trinajstić information content (AvgIpc) is 2.21. The van der Waals surface area contributed by atoms with E-state index in [-0.39, 0.29) is 12.5 Å². The Kier molecular flexibility index (Phi) is 5.95. The van der Waals surface area contributed by atoms with Crippen molar-refractivity contribution in [3.63, 3.8) is 0 Å². The summed E-state index contributed by atoms with van der Waals surface area (Å²) in [5.41, 5.74) is 0.888. The number of rotatable bonds is 5. The third-order valence-corrected chi connectivity index (χ3v) is 3.26. The maximum Gasteiger partial charge on any atom is 0.389 e. The highest BCUT2D eigenvalue weighted by atomic mass is 79.9. The number of nitrogens with one attached hydrogen (secondary N) is 1. The first kappa shape index (κ1) is 15.8. The molecule has 1 unspecified atom stereocenters. The number of hydrogen-bond donors (Lipinski definition) is 1. The Morgan fingerprint density at radius 3 is 2.50 bits per heavy atom. The molecule has 0 fully saturated rings. The number of halogens is 5. The maximum absolute atomic E-state index is 12.1. The van der Waals surface area contributed by atoms with Crippen LogP contribution in [0, 0.1) is 0 Å². The summed E-state index contributed by atoms with van der Waals surface area (Å²) < 4.78 is 37.1. The van der Waals surface area contributed by atoms with Gasteiger partial charge in [-0.2, -0.15) is 13.2 Å². The molecule has 0 aliphatic heterocycles. The van der Waals surface area contributed by atoms with Crippen molar-refractivity contribution in [2.45, 2.75) is 31.5 Å². The van der Waals surface area contributed by atoms with Crippen molar-refractivity contribution in [3.05, 3.63) is 33.3 Å². The van der Waals surface area contributed by atoms with Crippen LogP contribution in [0.25, 0.3) is 0 Å². The van der Waals surface area contributed by atoms with Gasteiger partial charge in [0.15, 0.2) is 0 Å². The van der Waals surface area contributed by atoms with Crippen LogP contribution in [-0.2, 0) is 0 Å². The van der Waals surface area contributed by atoms with Gasteiger partial charge >= 0.3 is 6.18 Å². The Morgan fingerprint density at radius 1 is 1.33 bits per heavy atom. The molecule has 0 aromatic heterocycles. The quantitative estimate of drug-likeness (QED) is 0.784. The van der Waals surface area contributed by atoms with E-state index in [0.717, 1.165) is 10.0 Å². The lowest BCUT2D eigenvalue weighted by atomic mass is 10.0. The van der Waals surface area contributed by atoms with Crippen molar-refractivity contribution in [2.75, 3.05) is 7.05 Å². The highest BCUT2D eigenvalue weighted by Gasteiger charge is 2.26. The van der Waals surface area contributed by atoms with E-state index in [0.29, 0.717) is 11.4 Å². The lowest BCUT2D eigenvalue weighted by Gasteiger charge is -2.17. The molecule has 0 spiro atoms. The molecule has 6 heteroatoms. The molecule has 0 heterocycles. The third kappa shape index (κ3) is 5.59. The topological polar surface area (TPSA) is 12.0 Å². The highest BCUT2D eigenvalue weighted by molar-refractivity contribution is 9.10. The summed E-state index contributed by atoms with van der Waals surface area (Å²) in [6.45, 7) is 0. The summed E-state index contributed by atoms with van der Waals surface area (Å²) in [7, 11) is 1.73. The van der Waals surface area contributed by atoms with E-state index in [4.69, 9.17) is 11.6 Å². The second-order valence-corrected chi connectivity index (χ2v) is 5.40. The van der Waals surface area contributed by atoms with Gasteiger partial charge in [-0.25, -0.2) is 0 Å². The normalized spacial score (nSPS) is 13.7. The molecule has 1 aromatic rings. The van der Waals surface area contributed by atoms with Gasteiger partial charge in [-0.05, 0) is 43.7 Å². The average molecular weight is 345 g/mol. The fraction of sp³-hybridized carbons (Fsp3) is 0.500. The number of alkyl halides is 3. The van der Waals surface area contributed by atoms with Crippen LogP contribution in [0.1, 0.15) is 30.9 Å². The zero-order valence-electron chi connectivity index (χ0n) is 9.82. The summed E-state index contributed by atoms with van der Waals surface area (Å²) in [6.07, 6.45) is -4.33. The van der Waals surface area contributed by atoms with E-state index in [9.17, 15) is 13.2 Å². The van der Waals surface area contributed by atoms with Crippen molar-refractivity contribution in [1.29, 1.82) is 0 Å². The standard InChI is InChI=1S/C12H14BrClF3N/c1-18-11(3-2-4-12(15,16)17)8-5-9(13)7-10(14)6-8/h5-7,11,18H,2-4H2,1H3. The first-order valence-corrected chi connectivity index (χ1v) is 6.69. The molecule has 18 heavy (non-hydrogen) atoms. The predicted molar refractivity (Wildman–Crippen MR) is 70.9 cm³/mol. The Balaban J connectivity index is 2.65. The van der Waals surface area contributed by atoms with Gasteiger partial charge in [-0.15, -0.1) is 0 Å². The summed E-state index contributed by atoms with van der Waals surface area (Å²) in [4.78, 5) is 0. The van der Waals surface area contributed by atoms with Gasteiger partial charge in [-0.1, -0.05) is 27.5 Å².